The summed E-state index contributed by atoms with van der Waals surface area (Å²) in [5.74, 6) is -0.264. The minimum atomic E-state index is -0.341. The van der Waals surface area contributed by atoms with Crippen molar-refractivity contribution < 1.29 is 13.9 Å². The van der Waals surface area contributed by atoms with Gasteiger partial charge in [0.15, 0.2) is 0 Å². The molecule has 1 heterocycles. The number of hydrogen-bond donors (Lipinski definition) is 0. The molecule has 0 spiro atoms. The molecular weight excluding hydrogens is 209 g/mol. The minimum absolute atomic E-state index is 0.101. The molecule has 0 aromatic heterocycles. The molecule has 1 saturated heterocycles. The molecular formula is C12H14FNO2. The van der Waals surface area contributed by atoms with Gasteiger partial charge in [0.2, 0.25) is 0 Å². The third-order valence-corrected chi connectivity index (χ3v) is 2.71. The van der Waals surface area contributed by atoms with Crippen molar-refractivity contribution in [1.82, 2.24) is 4.90 Å². The fourth-order valence-electron chi connectivity index (χ4n) is 1.78. The molecule has 0 bridgehead atoms. The van der Waals surface area contributed by atoms with Gasteiger partial charge in [-0.2, -0.15) is 0 Å². The number of rotatable bonds is 1. The zero-order valence-corrected chi connectivity index (χ0v) is 9.31. The van der Waals surface area contributed by atoms with Crippen molar-refractivity contribution in [3.8, 4) is 0 Å². The van der Waals surface area contributed by atoms with Crippen LogP contribution >= 0.6 is 0 Å². The van der Waals surface area contributed by atoms with Crippen LogP contribution in [0.4, 0.5) is 9.18 Å². The summed E-state index contributed by atoms with van der Waals surface area (Å²) in [7, 11) is 0. The largest absolute Gasteiger partial charge is 0.444 e. The molecule has 4 heteroatoms. The summed E-state index contributed by atoms with van der Waals surface area (Å²) >= 11 is 0. The van der Waals surface area contributed by atoms with Crippen molar-refractivity contribution in [2.24, 2.45) is 0 Å². The van der Waals surface area contributed by atoms with Gasteiger partial charge >= 0.3 is 6.09 Å². The Hall–Kier alpha value is -1.58. The highest BCUT2D eigenvalue weighted by molar-refractivity contribution is 5.71. The molecule has 1 unspecified atom stereocenters. The van der Waals surface area contributed by atoms with Crippen LogP contribution in [-0.2, 0) is 4.74 Å². The second-order valence-electron chi connectivity index (χ2n) is 4.09. The first-order valence-electron chi connectivity index (χ1n) is 5.28. The van der Waals surface area contributed by atoms with Crippen LogP contribution in [0.3, 0.4) is 0 Å². The van der Waals surface area contributed by atoms with Gasteiger partial charge in [-0.15, -0.1) is 0 Å². The first-order chi connectivity index (χ1) is 7.58. The van der Waals surface area contributed by atoms with Crippen molar-refractivity contribution in [2.75, 3.05) is 6.54 Å². The van der Waals surface area contributed by atoms with E-state index in [1.54, 1.807) is 30.1 Å². The highest BCUT2D eigenvalue weighted by Crippen LogP contribution is 2.20. The molecule has 1 aliphatic heterocycles. The molecule has 1 fully saturated rings. The molecule has 3 nitrogen and oxygen atoms in total. The van der Waals surface area contributed by atoms with Gasteiger partial charge in [0.25, 0.3) is 0 Å². The fraction of sp³-hybridized carbons (Fsp3) is 0.417. The third kappa shape index (κ3) is 2.01. The number of amides is 1. The second-order valence-corrected chi connectivity index (χ2v) is 4.09. The van der Waals surface area contributed by atoms with E-state index in [2.05, 4.69) is 0 Å². The Morgan fingerprint density at radius 1 is 1.44 bits per heavy atom. The molecule has 2 rings (SSSR count). The van der Waals surface area contributed by atoms with Gasteiger partial charge in [0, 0.05) is 0 Å². The van der Waals surface area contributed by atoms with Crippen LogP contribution in [0.5, 0.6) is 0 Å². The Morgan fingerprint density at radius 2 is 2.12 bits per heavy atom. The van der Waals surface area contributed by atoms with Gasteiger partial charge < -0.3 is 4.74 Å². The van der Waals surface area contributed by atoms with E-state index in [1.807, 2.05) is 6.92 Å². The predicted octanol–water partition coefficient (Wildman–Crippen LogP) is 2.57. The zero-order valence-electron chi connectivity index (χ0n) is 9.31. The number of carbonyl (C=O) groups is 1. The SMILES string of the molecule is CC1=C(F)C=CC(N2C[C@H](C)OC2=O)C=C1. The standard InChI is InChI=1S/C12H14FNO2/c1-8-3-4-10(5-6-11(8)13)14-7-9(2)16-12(14)15/h3-6,9-10H,7H2,1-2H3/t9-,10?/m0/s1. The van der Waals surface area contributed by atoms with Crippen molar-refractivity contribution in [3.63, 3.8) is 0 Å². The van der Waals surface area contributed by atoms with E-state index >= 15 is 0 Å². The maximum atomic E-state index is 13.3. The highest BCUT2D eigenvalue weighted by atomic mass is 19.1. The topological polar surface area (TPSA) is 29.5 Å². The lowest BCUT2D eigenvalue weighted by Crippen LogP contribution is -2.33. The number of ether oxygens (including phenoxy) is 1. The number of carbonyl (C=O) groups excluding carboxylic acids is 1. The van der Waals surface area contributed by atoms with Crippen molar-refractivity contribution in [2.45, 2.75) is 26.0 Å². The molecule has 1 aliphatic carbocycles. The van der Waals surface area contributed by atoms with Crippen molar-refractivity contribution in [1.29, 1.82) is 0 Å². The van der Waals surface area contributed by atoms with E-state index in [0.717, 1.165) is 0 Å². The van der Waals surface area contributed by atoms with Crippen molar-refractivity contribution in [3.05, 3.63) is 35.7 Å². The van der Waals surface area contributed by atoms with Gasteiger partial charge in [0.1, 0.15) is 11.9 Å². The van der Waals surface area contributed by atoms with Gasteiger partial charge in [-0.25, -0.2) is 9.18 Å². The summed E-state index contributed by atoms with van der Waals surface area (Å²) in [5, 5.41) is 0. The number of allylic oxidation sites excluding steroid dienone is 4. The maximum Gasteiger partial charge on any atom is 0.410 e. The van der Waals surface area contributed by atoms with E-state index in [4.69, 9.17) is 4.74 Å². The summed E-state index contributed by atoms with van der Waals surface area (Å²) < 4.78 is 18.3. The molecule has 0 N–H and O–H groups in total. The van der Waals surface area contributed by atoms with Crippen LogP contribution in [0.15, 0.2) is 35.7 Å². The minimum Gasteiger partial charge on any atom is -0.444 e. The molecule has 0 saturated carbocycles. The number of cyclic esters (lactones) is 1. The predicted molar refractivity (Wildman–Crippen MR) is 58.5 cm³/mol. The van der Waals surface area contributed by atoms with E-state index in [1.165, 1.54) is 6.08 Å². The van der Waals surface area contributed by atoms with Crippen LogP contribution in [0, 0.1) is 0 Å². The Kier molecular flexibility index (Phi) is 2.81. The average Bonchev–Trinajstić information content (AvgIpc) is 2.47. The van der Waals surface area contributed by atoms with Crippen LogP contribution in [-0.4, -0.2) is 29.7 Å². The summed E-state index contributed by atoms with van der Waals surface area (Å²) in [6.07, 6.45) is 6.12. The highest BCUT2D eigenvalue weighted by Gasteiger charge is 2.31. The summed E-state index contributed by atoms with van der Waals surface area (Å²) in [4.78, 5) is 13.1. The van der Waals surface area contributed by atoms with Gasteiger partial charge in [-0.3, -0.25) is 4.90 Å². The molecule has 1 amide bonds. The summed E-state index contributed by atoms with van der Waals surface area (Å²) in [6, 6.07) is -0.222. The number of halogens is 1. The summed E-state index contributed by atoms with van der Waals surface area (Å²) in [5.41, 5.74) is 0.569. The normalized spacial score (nSPS) is 29.7. The van der Waals surface area contributed by atoms with Crippen LogP contribution in [0.25, 0.3) is 0 Å². The summed E-state index contributed by atoms with van der Waals surface area (Å²) in [6.45, 7) is 4.08. The average molecular weight is 223 g/mol. The van der Waals surface area contributed by atoms with Gasteiger partial charge in [-0.1, -0.05) is 18.2 Å². The first-order valence-corrected chi connectivity index (χ1v) is 5.28. The third-order valence-electron chi connectivity index (χ3n) is 2.71. The number of hydrogen-bond acceptors (Lipinski definition) is 2. The van der Waals surface area contributed by atoms with E-state index in [0.29, 0.717) is 12.1 Å². The first kappa shape index (κ1) is 10.9. The monoisotopic (exact) mass is 223 g/mol. The number of nitrogens with zero attached hydrogens (tertiary/aromatic N) is 1. The maximum absolute atomic E-state index is 13.3. The second kappa shape index (κ2) is 4.12. The molecule has 0 aromatic rings. The molecule has 86 valence electrons. The van der Waals surface area contributed by atoms with Gasteiger partial charge in [0.05, 0.1) is 12.6 Å². The van der Waals surface area contributed by atoms with E-state index < -0.39 is 0 Å². The van der Waals surface area contributed by atoms with E-state index in [9.17, 15) is 9.18 Å². The zero-order chi connectivity index (χ0) is 11.7. The van der Waals surface area contributed by atoms with E-state index in [-0.39, 0.29) is 24.1 Å². The van der Waals surface area contributed by atoms with Gasteiger partial charge in [-0.05, 0) is 25.5 Å². The molecule has 16 heavy (non-hydrogen) atoms. The molecule has 2 aliphatic rings. The molecule has 0 radical (unpaired) electrons. The van der Waals surface area contributed by atoms with Crippen LogP contribution in [0.2, 0.25) is 0 Å². The Bertz CT molecular complexity index is 376. The Morgan fingerprint density at radius 3 is 2.75 bits per heavy atom. The lowest BCUT2D eigenvalue weighted by Gasteiger charge is -2.18. The molecule has 0 aromatic carbocycles. The quantitative estimate of drug-likeness (QED) is 0.683. The fourth-order valence-corrected chi connectivity index (χ4v) is 1.78. The molecule has 2 atom stereocenters. The Labute approximate surface area is 93.9 Å². The lowest BCUT2D eigenvalue weighted by molar-refractivity contribution is 0.137. The Balaban J connectivity index is 2.17. The lowest BCUT2D eigenvalue weighted by atomic mass is 10.2. The van der Waals surface area contributed by atoms with Crippen molar-refractivity contribution >= 4 is 6.09 Å². The smallest absolute Gasteiger partial charge is 0.410 e. The van der Waals surface area contributed by atoms with Crippen LogP contribution in [0.1, 0.15) is 13.8 Å². The van der Waals surface area contributed by atoms with Crippen LogP contribution < -0.4 is 0 Å².